The largest absolute Gasteiger partial charge is 0.399 e. The molecule has 0 amide bonds. The summed E-state index contributed by atoms with van der Waals surface area (Å²) in [6, 6.07) is 3.74. The summed E-state index contributed by atoms with van der Waals surface area (Å²) in [7, 11) is 0. The minimum absolute atomic E-state index is 0.700. The molecule has 2 nitrogen and oxygen atoms in total. The van der Waals surface area contributed by atoms with Crippen LogP contribution in [0.1, 0.15) is 19.8 Å². The Morgan fingerprint density at radius 1 is 1.38 bits per heavy atom. The normalized spacial score (nSPS) is 17.8. The Kier molecular flexibility index (Phi) is 3.65. The molecular formula is C12H16BrClN2. The second kappa shape index (κ2) is 4.84. The molecule has 88 valence electrons. The van der Waals surface area contributed by atoms with Crippen molar-refractivity contribution in [1.29, 1.82) is 0 Å². The molecule has 0 aromatic heterocycles. The van der Waals surface area contributed by atoms with Gasteiger partial charge in [0.2, 0.25) is 0 Å². The van der Waals surface area contributed by atoms with Gasteiger partial charge in [0.1, 0.15) is 0 Å². The average molecular weight is 304 g/mol. The molecule has 1 aromatic carbocycles. The van der Waals surface area contributed by atoms with Gasteiger partial charge in [-0.15, -0.1) is 0 Å². The molecule has 0 radical (unpaired) electrons. The lowest BCUT2D eigenvalue weighted by Gasteiger charge is -2.33. The van der Waals surface area contributed by atoms with Crippen molar-refractivity contribution in [2.45, 2.75) is 19.8 Å². The summed E-state index contributed by atoms with van der Waals surface area (Å²) in [6.45, 7) is 4.45. The fraction of sp³-hybridized carbons (Fsp3) is 0.500. The third kappa shape index (κ3) is 2.46. The summed E-state index contributed by atoms with van der Waals surface area (Å²) in [5, 5.41) is 0.737. The van der Waals surface area contributed by atoms with E-state index >= 15 is 0 Å². The van der Waals surface area contributed by atoms with Gasteiger partial charge in [-0.2, -0.15) is 0 Å². The van der Waals surface area contributed by atoms with Gasteiger partial charge in [-0.3, -0.25) is 0 Å². The van der Waals surface area contributed by atoms with Crippen LogP contribution in [0.3, 0.4) is 0 Å². The molecule has 4 heteroatoms. The SMILES string of the molecule is CC1CCN(c2c(Cl)cc(N)cc2Br)CC1. The fourth-order valence-corrected chi connectivity index (χ4v) is 3.31. The van der Waals surface area contributed by atoms with Gasteiger partial charge in [-0.25, -0.2) is 0 Å². The maximum Gasteiger partial charge on any atom is 0.0701 e. The van der Waals surface area contributed by atoms with E-state index in [1.165, 1.54) is 12.8 Å². The van der Waals surface area contributed by atoms with Gasteiger partial charge in [0.25, 0.3) is 0 Å². The minimum Gasteiger partial charge on any atom is -0.399 e. The molecule has 1 aliphatic heterocycles. The summed E-state index contributed by atoms with van der Waals surface area (Å²) in [5.41, 5.74) is 7.53. The van der Waals surface area contributed by atoms with Crippen LogP contribution in [-0.2, 0) is 0 Å². The minimum atomic E-state index is 0.700. The number of rotatable bonds is 1. The lowest BCUT2D eigenvalue weighted by atomic mass is 9.99. The molecule has 0 unspecified atom stereocenters. The van der Waals surface area contributed by atoms with Gasteiger partial charge in [0.05, 0.1) is 10.7 Å². The molecule has 1 aromatic rings. The smallest absolute Gasteiger partial charge is 0.0701 e. The Bertz CT molecular complexity index is 364. The maximum absolute atomic E-state index is 6.25. The third-order valence-corrected chi connectivity index (χ3v) is 4.03. The molecular weight excluding hydrogens is 288 g/mol. The van der Waals surface area contributed by atoms with Gasteiger partial charge in [0.15, 0.2) is 0 Å². The quantitative estimate of drug-likeness (QED) is 0.797. The molecule has 1 saturated heterocycles. The van der Waals surface area contributed by atoms with E-state index in [0.717, 1.165) is 34.2 Å². The van der Waals surface area contributed by atoms with Crippen LogP contribution in [-0.4, -0.2) is 13.1 Å². The first-order valence-corrected chi connectivity index (χ1v) is 6.74. The number of anilines is 2. The highest BCUT2D eigenvalue weighted by Crippen LogP contribution is 2.37. The zero-order chi connectivity index (χ0) is 11.7. The van der Waals surface area contributed by atoms with Crippen molar-refractivity contribution < 1.29 is 0 Å². The number of nitrogen functional groups attached to an aromatic ring is 1. The second-order valence-electron chi connectivity index (χ2n) is 4.50. The summed E-state index contributed by atoms with van der Waals surface area (Å²) in [5.74, 6) is 0.822. The van der Waals surface area contributed by atoms with E-state index < -0.39 is 0 Å². The van der Waals surface area contributed by atoms with Crippen LogP contribution < -0.4 is 10.6 Å². The van der Waals surface area contributed by atoms with E-state index in [-0.39, 0.29) is 0 Å². The predicted molar refractivity (Wildman–Crippen MR) is 74.2 cm³/mol. The molecule has 0 atom stereocenters. The number of piperidine rings is 1. The molecule has 1 fully saturated rings. The highest BCUT2D eigenvalue weighted by Gasteiger charge is 2.20. The molecule has 0 spiro atoms. The highest BCUT2D eigenvalue weighted by molar-refractivity contribution is 9.10. The van der Waals surface area contributed by atoms with Gasteiger partial charge in [0, 0.05) is 23.2 Å². The molecule has 0 bridgehead atoms. The van der Waals surface area contributed by atoms with Crippen LogP contribution in [0.5, 0.6) is 0 Å². The van der Waals surface area contributed by atoms with E-state index in [4.69, 9.17) is 17.3 Å². The van der Waals surface area contributed by atoms with Gasteiger partial charge < -0.3 is 10.6 Å². The molecule has 0 saturated carbocycles. The first-order chi connectivity index (χ1) is 7.58. The predicted octanol–water partition coefficient (Wildman–Crippen LogP) is 3.92. The lowest BCUT2D eigenvalue weighted by molar-refractivity contribution is 0.438. The van der Waals surface area contributed by atoms with Gasteiger partial charge in [-0.05, 0) is 46.8 Å². The van der Waals surface area contributed by atoms with Crippen molar-refractivity contribution >= 4 is 38.9 Å². The van der Waals surface area contributed by atoms with Crippen LogP contribution >= 0.6 is 27.5 Å². The first-order valence-electron chi connectivity index (χ1n) is 5.57. The van der Waals surface area contributed by atoms with Crippen LogP contribution in [0.15, 0.2) is 16.6 Å². The van der Waals surface area contributed by atoms with Gasteiger partial charge in [-0.1, -0.05) is 18.5 Å². The standard InChI is InChI=1S/C12H16BrClN2/c1-8-2-4-16(5-3-8)12-10(13)6-9(15)7-11(12)14/h6-8H,2-5,15H2,1H3. The molecule has 16 heavy (non-hydrogen) atoms. The van der Waals surface area contributed by atoms with Crippen molar-refractivity contribution in [3.8, 4) is 0 Å². The van der Waals surface area contributed by atoms with Gasteiger partial charge >= 0.3 is 0 Å². The Balaban J connectivity index is 2.26. The zero-order valence-electron chi connectivity index (χ0n) is 9.34. The van der Waals surface area contributed by atoms with E-state index in [2.05, 4.69) is 27.8 Å². The summed E-state index contributed by atoms with van der Waals surface area (Å²) in [4.78, 5) is 2.34. The maximum atomic E-state index is 6.25. The topological polar surface area (TPSA) is 29.3 Å². The summed E-state index contributed by atoms with van der Waals surface area (Å²) >= 11 is 9.80. The lowest BCUT2D eigenvalue weighted by Crippen LogP contribution is -2.33. The molecule has 1 heterocycles. The molecule has 2 rings (SSSR count). The number of nitrogens with two attached hydrogens (primary N) is 1. The van der Waals surface area contributed by atoms with Crippen molar-refractivity contribution in [2.75, 3.05) is 23.7 Å². The van der Waals surface area contributed by atoms with Crippen LogP contribution in [0.2, 0.25) is 5.02 Å². The summed E-state index contributed by atoms with van der Waals surface area (Å²) in [6.07, 6.45) is 2.46. The first kappa shape index (κ1) is 12.1. The number of hydrogen-bond donors (Lipinski definition) is 1. The van der Waals surface area contributed by atoms with E-state index in [1.54, 1.807) is 0 Å². The Hall–Kier alpha value is -0.410. The number of hydrogen-bond acceptors (Lipinski definition) is 2. The average Bonchev–Trinajstić information content (AvgIpc) is 2.19. The Labute approximate surface area is 110 Å². The second-order valence-corrected chi connectivity index (χ2v) is 5.76. The number of halogens is 2. The molecule has 2 N–H and O–H groups in total. The van der Waals surface area contributed by atoms with Crippen molar-refractivity contribution in [3.63, 3.8) is 0 Å². The van der Waals surface area contributed by atoms with Crippen molar-refractivity contribution in [2.24, 2.45) is 5.92 Å². The highest BCUT2D eigenvalue weighted by atomic mass is 79.9. The Morgan fingerprint density at radius 2 is 2.00 bits per heavy atom. The number of nitrogens with zero attached hydrogens (tertiary/aromatic N) is 1. The van der Waals surface area contributed by atoms with Crippen LogP contribution in [0, 0.1) is 5.92 Å². The van der Waals surface area contributed by atoms with E-state index in [0.29, 0.717) is 5.69 Å². The monoisotopic (exact) mass is 302 g/mol. The number of benzene rings is 1. The summed E-state index contributed by atoms with van der Waals surface area (Å²) < 4.78 is 0.993. The van der Waals surface area contributed by atoms with Crippen molar-refractivity contribution in [1.82, 2.24) is 0 Å². The molecule has 0 aliphatic carbocycles. The third-order valence-electron chi connectivity index (χ3n) is 3.14. The Morgan fingerprint density at radius 3 is 2.56 bits per heavy atom. The van der Waals surface area contributed by atoms with E-state index in [1.807, 2.05) is 12.1 Å². The van der Waals surface area contributed by atoms with E-state index in [9.17, 15) is 0 Å². The fourth-order valence-electron chi connectivity index (χ4n) is 2.12. The van der Waals surface area contributed by atoms with Crippen molar-refractivity contribution in [3.05, 3.63) is 21.6 Å². The zero-order valence-corrected chi connectivity index (χ0v) is 11.7. The van der Waals surface area contributed by atoms with Crippen LogP contribution in [0.4, 0.5) is 11.4 Å². The van der Waals surface area contributed by atoms with Crippen LogP contribution in [0.25, 0.3) is 0 Å². The molecule has 1 aliphatic rings.